The second-order valence-corrected chi connectivity index (χ2v) is 9.90. The average molecular weight is 625 g/mol. The third-order valence-corrected chi connectivity index (χ3v) is 6.32. The Kier molecular flexibility index (Phi) is 9.16. The van der Waals surface area contributed by atoms with E-state index in [2.05, 4.69) is 0 Å². The monoisotopic (exact) mass is 624 g/mol. The van der Waals surface area contributed by atoms with Gasteiger partial charge in [0, 0.05) is 75.6 Å². The summed E-state index contributed by atoms with van der Waals surface area (Å²) >= 11 is 0. The average Bonchev–Trinajstić information content (AvgIpc) is 2.88. The minimum Gasteiger partial charge on any atom is -0.508 e. The van der Waals surface area contributed by atoms with E-state index in [4.69, 9.17) is 28.4 Å². The predicted octanol–water partition coefficient (Wildman–Crippen LogP) is 3.70. The molecule has 45 heavy (non-hydrogen) atoms. The first-order valence-corrected chi connectivity index (χ1v) is 13.3. The van der Waals surface area contributed by atoms with Gasteiger partial charge >= 0.3 is 29.8 Å². The Balaban J connectivity index is 2.06. The van der Waals surface area contributed by atoms with E-state index < -0.39 is 65.2 Å². The number of benzene rings is 3. The number of ether oxygens (including phenoxy) is 6. The first kappa shape index (κ1) is 32.1. The van der Waals surface area contributed by atoms with E-state index in [1.54, 1.807) is 0 Å². The van der Waals surface area contributed by atoms with Gasteiger partial charge in [-0.2, -0.15) is 0 Å². The summed E-state index contributed by atoms with van der Waals surface area (Å²) in [6, 6.07) is 8.39. The van der Waals surface area contributed by atoms with Crippen LogP contribution in [-0.4, -0.2) is 51.3 Å². The summed E-state index contributed by atoms with van der Waals surface area (Å²) in [6.45, 7) is 5.62. The van der Waals surface area contributed by atoms with Crippen molar-refractivity contribution in [3.05, 3.63) is 59.2 Å². The predicted molar refractivity (Wildman–Crippen MR) is 150 cm³/mol. The van der Waals surface area contributed by atoms with Crippen LogP contribution in [0.5, 0.6) is 46.0 Å². The molecule has 0 bridgehead atoms. The molecule has 236 valence electrons. The third-order valence-electron chi connectivity index (χ3n) is 6.32. The highest BCUT2D eigenvalue weighted by atomic mass is 16.6. The number of phenolic OH excluding ortho intramolecular Hbond substituents is 3. The first-order chi connectivity index (χ1) is 21.1. The van der Waals surface area contributed by atoms with Crippen LogP contribution in [0, 0.1) is 0 Å². The molecule has 0 radical (unpaired) electrons. The molecular formula is C31H28O14. The van der Waals surface area contributed by atoms with Crippen LogP contribution in [0.15, 0.2) is 42.5 Å². The fourth-order valence-corrected chi connectivity index (χ4v) is 4.98. The van der Waals surface area contributed by atoms with Crippen molar-refractivity contribution in [3.8, 4) is 46.0 Å². The summed E-state index contributed by atoms with van der Waals surface area (Å²) in [4.78, 5) is 60.1. The molecule has 0 aliphatic carbocycles. The number of phenols is 3. The zero-order valence-electron chi connectivity index (χ0n) is 24.6. The van der Waals surface area contributed by atoms with Gasteiger partial charge in [-0.05, 0) is 12.1 Å². The van der Waals surface area contributed by atoms with Gasteiger partial charge in [0.2, 0.25) is 0 Å². The van der Waals surface area contributed by atoms with E-state index in [1.165, 1.54) is 30.3 Å². The molecule has 14 nitrogen and oxygen atoms in total. The van der Waals surface area contributed by atoms with Crippen molar-refractivity contribution in [3.63, 3.8) is 0 Å². The highest BCUT2D eigenvalue weighted by molar-refractivity contribution is 5.76. The van der Waals surface area contributed by atoms with Gasteiger partial charge < -0.3 is 43.7 Å². The maximum absolute atomic E-state index is 12.5. The highest BCUT2D eigenvalue weighted by Crippen LogP contribution is 2.56. The molecule has 0 saturated carbocycles. The van der Waals surface area contributed by atoms with Crippen molar-refractivity contribution in [2.45, 2.75) is 52.7 Å². The lowest BCUT2D eigenvalue weighted by atomic mass is 9.78. The van der Waals surface area contributed by atoms with E-state index in [-0.39, 0.29) is 45.4 Å². The number of carbonyl (C=O) groups excluding carboxylic acids is 5. The topological polar surface area (TPSA) is 201 Å². The Morgan fingerprint density at radius 3 is 1.73 bits per heavy atom. The maximum atomic E-state index is 12.5. The number of fused-ring (bicyclic) bond motifs is 1. The van der Waals surface area contributed by atoms with Crippen molar-refractivity contribution in [2.24, 2.45) is 0 Å². The van der Waals surface area contributed by atoms with Crippen molar-refractivity contribution >= 4 is 29.8 Å². The Hall–Kier alpha value is -5.79. The molecule has 1 aliphatic heterocycles. The zero-order chi connectivity index (χ0) is 33.2. The van der Waals surface area contributed by atoms with Crippen molar-refractivity contribution in [1.29, 1.82) is 0 Å². The van der Waals surface area contributed by atoms with Gasteiger partial charge in [-0.3, -0.25) is 24.0 Å². The Bertz CT molecular complexity index is 1690. The smallest absolute Gasteiger partial charge is 0.308 e. The van der Waals surface area contributed by atoms with E-state index in [9.17, 15) is 39.3 Å². The van der Waals surface area contributed by atoms with Crippen molar-refractivity contribution < 1.29 is 67.7 Å². The summed E-state index contributed by atoms with van der Waals surface area (Å²) in [5.74, 6) is -7.60. The first-order valence-electron chi connectivity index (χ1n) is 13.3. The van der Waals surface area contributed by atoms with Gasteiger partial charge in [0.1, 0.15) is 34.5 Å². The fraction of sp³-hybridized carbons (Fsp3) is 0.258. The summed E-state index contributed by atoms with van der Waals surface area (Å²) in [5, 5.41) is 32.0. The molecule has 0 aromatic heterocycles. The molecule has 0 saturated heterocycles. The Morgan fingerprint density at radius 2 is 1.18 bits per heavy atom. The number of hydrogen-bond donors (Lipinski definition) is 3. The number of esters is 5. The van der Waals surface area contributed by atoms with Gasteiger partial charge in [-0.25, -0.2) is 0 Å². The van der Waals surface area contributed by atoms with Crippen LogP contribution in [0.4, 0.5) is 0 Å². The van der Waals surface area contributed by atoms with Gasteiger partial charge in [-0.1, -0.05) is 6.07 Å². The second-order valence-electron chi connectivity index (χ2n) is 9.90. The molecule has 0 amide bonds. The SMILES string of the molecule is CC(=O)Oc1cc(OC(C)=O)c2c(c1)O[C@H](c1ccc(OC(C)=O)c(OC(C)=O)c1)[C@@H](OC(C)=O)[C@@H]2c1c(O)cc(O)cc1O. The van der Waals surface area contributed by atoms with Gasteiger partial charge in [0.05, 0.1) is 5.92 Å². The van der Waals surface area contributed by atoms with Crippen LogP contribution in [0.25, 0.3) is 0 Å². The van der Waals surface area contributed by atoms with Crippen LogP contribution in [0.2, 0.25) is 0 Å². The lowest BCUT2D eigenvalue weighted by Gasteiger charge is -2.40. The fourth-order valence-electron chi connectivity index (χ4n) is 4.98. The second kappa shape index (κ2) is 12.8. The van der Waals surface area contributed by atoms with Crippen LogP contribution < -0.4 is 23.7 Å². The van der Waals surface area contributed by atoms with Crippen LogP contribution >= 0.6 is 0 Å². The molecule has 3 aromatic rings. The van der Waals surface area contributed by atoms with Crippen molar-refractivity contribution in [2.75, 3.05) is 0 Å². The summed E-state index contributed by atoms with van der Waals surface area (Å²) in [5.41, 5.74) is -0.0654. The maximum Gasteiger partial charge on any atom is 0.308 e. The molecule has 0 spiro atoms. The van der Waals surface area contributed by atoms with Crippen LogP contribution in [0.1, 0.15) is 63.3 Å². The molecule has 1 aliphatic rings. The van der Waals surface area contributed by atoms with Gasteiger partial charge in [0.15, 0.2) is 23.7 Å². The van der Waals surface area contributed by atoms with Crippen LogP contribution in [0.3, 0.4) is 0 Å². The molecule has 0 fully saturated rings. The molecule has 3 N–H and O–H groups in total. The van der Waals surface area contributed by atoms with Gasteiger partial charge in [0.25, 0.3) is 0 Å². The zero-order valence-corrected chi connectivity index (χ0v) is 24.6. The quantitative estimate of drug-likeness (QED) is 0.254. The van der Waals surface area contributed by atoms with E-state index in [1.807, 2.05) is 0 Å². The largest absolute Gasteiger partial charge is 0.508 e. The molecule has 0 unspecified atom stereocenters. The number of hydrogen-bond acceptors (Lipinski definition) is 14. The molecule has 4 rings (SSSR count). The molecule has 3 atom stereocenters. The highest BCUT2D eigenvalue weighted by Gasteiger charge is 2.47. The Morgan fingerprint density at radius 1 is 0.622 bits per heavy atom. The molecule has 3 aromatic carbocycles. The normalized spacial score (nSPS) is 16.8. The molecule has 1 heterocycles. The number of rotatable bonds is 7. The standard InChI is InChI=1S/C31H28O14/c1-13(32)40-20-11-25(43-16(4)35)28-26(12-20)45-30(18-6-7-23(41-14(2)33)24(8-18)42-15(3)34)31(44-17(5)36)29(28)27-21(38)9-19(37)10-22(27)39/h6-12,29-31,37-39H,1-5H3/t29-,30-,31+/m1/s1. The van der Waals surface area contributed by atoms with Gasteiger partial charge in [-0.15, -0.1) is 0 Å². The van der Waals surface area contributed by atoms with E-state index >= 15 is 0 Å². The van der Waals surface area contributed by atoms with Crippen molar-refractivity contribution in [1.82, 2.24) is 0 Å². The molecule has 14 heteroatoms. The molecular weight excluding hydrogens is 596 g/mol. The summed E-state index contributed by atoms with van der Waals surface area (Å²) < 4.78 is 33.1. The lowest BCUT2D eigenvalue weighted by Crippen LogP contribution is -2.39. The Labute approximate surface area is 255 Å². The number of carbonyl (C=O) groups is 5. The summed E-state index contributed by atoms with van der Waals surface area (Å²) in [6.07, 6.45) is -2.77. The number of aromatic hydroxyl groups is 3. The summed E-state index contributed by atoms with van der Waals surface area (Å²) in [7, 11) is 0. The van der Waals surface area contributed by atoms with E-state index in [0.717, 1.165) is 46.8 Å². The van der Waals surface area contributed by atoms with E-state index in [0.29, 0.717) is 0 Å². The minimum absolute atomic E-state index is 0.00312. The van der Waals surface area contributed by atoms with Crippen LogP contribution in [-0.2, 0) is 28.7 Å². The minimum atomic E-state index is -1.45. The lowest BCUT2D eigenvalue weighted by molar-refractivity contribution is -0.154. The third kappa shape index (κ3) is 7.24.